The van der Waals surface area contributed by atoms with E-state index in [1.54, 1.807) is 0 Å². The van der Waals surface area contributed by atoms with Crippen LogP contribution in [-0.4, -0.2) is 28.4 Å². The van der Waals surface area contributed by atoms with Gasteiger partial charge in [-0.15, -0.1) is 11.8 Å². The quantitative estimate of drug-likeness (QED) is 0.722. The molecule has 0 atom stereocenters. The van der Waals surface area contributed by atoms with Crippen LogP contribution >= 0.6 is 11.8 Å². The molecule has 1 aromatic carbocycles. The molecule has 5 nitrogen and oxygen atoms in total. The van der Waals surface area contributed by atoms with Gasteiger partial charge in [-0.1, -0.05) is 20.8 Å². The summed E-state index contributed by atoms with van der Waals surface area (Å²) in [6, 6.07) is 1.32. The molecule has 0 spiro atoms. The van der Waals surface area contributed by atoms with Crippen LogP contribution in [0.15, 0.2) is 17.0 Å². The molecule has 0 saturated heterocycles. The Kier molecular flexibility index (Phi) is 6.16. The summed E-state index contributed by atoms with van der Waals surface area (Å²) in [5.41, 5.74) is -0.0407. The van der Waals surface area contributed by atoms with Crippen molar-refractivity contribution in [2.75, 3.05) is 11.9 Å². The van der Waals surface area contributed by atoms with E-state index in [0.29, 0.717) is 0 Å². The van der Waals surface area contributed by atoms with Gasteiger partial charge in [-0.05, 0) is 12.1 Å². The topological polar surface area (TPSA) is 78.4 Å². The van der Waals surface area contributed by atoms with Crippen molar-refractivity contribution in [3.05, 3.63) is 23.8 Å². The number of carbonyl (C=O) groups is 2. The first kappa shape index (κ1) is 18.2. The zero-order chi connectivity index (χ0) is 16.9. The number of nitrogens with one attached hydrogen (secondary N) is 2. The van der Waals surface area contributed by atoms with Crippen molar-refractivity contribution in [2.45, 2.75) is 36.8 Å². The van der Waals surface area contributed by atoms with E-state index >= 15 is 0 Å². The highest BCUT2D eigenvalue weighted by atomic mass is 32.2. The zero-order valence-corrected chi connectivity index (χ0v) is 13.3. The summed E-state index contributed by atoms with van der Waals surface area (Å²) >= 11 is 1.06. The van der Waals surface area contributed by atoms with Gasteiger partial charge in [0.2, 0.25) is 0 Å². The third-order valence-corrected chi connectivity index (χ3v) is 3.50. The number of hydrogen-bond acceptors (Lipinski definition) is 3. The molecule has 0 aliphatic heterocycles. The molecule has 0 aromatic heterocycles. The van der Waals surface area contributed by atoms with E-state index in [1.807, 2.05) is 20.8 Å². The fraction of sp³-hybridized carbons (Fsp3) is 0.429. The van der Waals surface area contributed by atoms with Crippen LogP contribution in [0.1, 0.15) is 27.2 Å². The monoisotopic (exact) mass is 332 g/mol. The van der Waals surface area contributed by atoms with Crippen molar-refractivity contribution in [3.8, 4) is 0 Å². The van der Waals surface area contributed by atoms with Gasteiger partial charge >= 0.3 is 12.0 Å². The summed E-state index contributed by atoms with van der Waals surface area (Å²) in [5.74, 6) is -2.58. The maximum absolute atomic E-state index is 13.9. The molecule has 0 aliphatic rings. The highest BCUT2D eigenvalue weighted by Crippen LogP contribution is 2.36. The number of anilines is 1. The van der Waals surface area contributed by atoms with E-state index in [-0.39, 0.29) is 28.3 Å². The number of halogens is 2. The number of rotatable bonds is 5. The van der Waals surface area contributed by atoms with Gasteiger partial charge in [-0.2, -0.15) is 0 Å². The predicted molar refractivity (Wildman–Crippen MR) is 81.2 cm³/mol. The van der Waals surface area contributed by atoms with Crippen molar-refractivity contribution >= 4 is 29.4 Å². The van der Waals surface area contributed by atoms with Crippen molar-refractivity contribution in [2.24, 2.45) is 0 Å². The summed E-state index contributed by atoms with van der Waals surface area (Å²) in [5, 5.41) is 13.0. The van der Waals surface area contributed by atoms with Gasteiger partial charge in [-0.3, -0.25) is 4.79 Å². The fourth-order valence-corrected chi connectivity index (χ4v) is 2.42. The van der Waals surface area contributed by atoms with E-state index in [0.717, 1.165) is 23.9 Å². The van der Waals surface area contributed by atoms with Crippen LogP contribution in [-0.2, 0) is 4.79 Å². The number of thioether (sulfide) groups is 1. The molecular weight excluding hydrogens is 314 g/mol. The third-order valence-electron chi connectivity index (χ3n) is 2.29. The first-order valence-electron chi connectivity index (χ1n) is 6.53. The van der Waals surface area contributed by atoms with Crippen molar-refractivity contribution in [1.29, 1.82) is 0 Å². The molecule has 0 radical (unpaired) electrons. The van der Waals surface area contributed by atoms with Gasteiger partial charge in [0, 0.05) is 17.0 Å². The molecule has 122 valence electrons. The third kappa shape index (κ3) is 6.30. The largest absolute Gasteiger partial charge is 0.481 e. The standard InChI is InChI=1S/C14H18F2N2O3S/c1-14(2,3)22-12-9(15)6-8(7-10(12)16)18-13(21)17-5-4-11(19)20/h6-7H,4-5H2,1-3H3,(H,19,20)(H2,17,18,21). The average molecular weight is 332 g/mol. The molecule has 1 rings (SSSR count). The Morgan fingerprint density at radius 2 is 1.77 bits per heavy atom. The molecule has 0 heterocycles. The Labute approximate surface area is 131 Å². The van der Waals surface area contributed by atoms with Crippen LogP contribution in [0.2, 0.25) is 0 Å². The summed E-state index contributed by atoms with van der Waals surface area (Å²) in [4.78, 5) is 21.7. The van der Waals surface area contributed by atoms with Gasteiger partial charge in [-0.25, -0.2) is 13.6 Å². The van der Waals surface area contributed by atoms with E-state index in [4.69, 9.17) is 5.11 Å². The Bertz CT molecular complexity index is 551. The molecule has 0 bridgehead atoms. The lowest BCUT2D eigenvalue weighted by molar-refractivity contribution is -0.136. The number of urea groups is 1. The minimum Gasteiger partial charge on any atom is -0.481 e. The SMILES string of the molecule is CC(C)(C)Sc1c(F)cc(NC(=O)NCCC(=O)O)cc1F. The summed E-state index contributed by atoms with van der Waals surface area (Å²) in [6.07, 6.45) is -0.239. The lowest BCUT2D eigenvalue weighted by Gasteiger charge is -2.19. The summed E-state index contributed by atoms with van der Waals surface area (Å²) in [6.45, 7) is 5.42. The molecule has 0 fully saturated rings. The molecule has 0 aliphatic carbocycles. The second-order valence-corrected chi connectivity index (χ2v) is 7.35. The van der Waals surface area contributed by atoms with Gasteiger partial charge in [0.15, 0.2) is 0 Å². The number of amides is 2. The van der Waals surface area contributed by atoms with Gasteiger partial charge in [0.25, 0.3) is 0 Å². The number of hydrogen-bond donors (Lipinski definition) is 3. The molecule has 0 unspecified atom stereocenters. The number of benzene rings is 1. The average Bonchev–Trinajstić information content (AvgIpc) is 2.32. The lowest BCUT2D eigenvalue weighted by Crippen LogP contribution is -2.30. The van der Waals surface area contributed by atoms with Crippen molar-refractivity contribution in [1.82, 2.24) is 5.32 Å². The van der Waals surface area contributed by atoms with Gasteiger partial charge in [0.1, 0.15) is 11.6 Å². The Balaban J connectivity index is 2.74. The minimum absolute atomic E-state index is 0.0407. The highest BCUT2D eigenvalue weighted by Gasteiger charge is 2.20. The van der Waals surface area contributed by atoms with E-state index in [1.165, 1.54) is 0 Å². The number of carboxylic acid groups (broad SMARTS) is 1. The van der Waals surface area contributed by atoms with E-state index in [2.05, 4.69) is 10.6 Å². The van der Waals surface area contributed by atoms with E-state index < -0.39 is 23.6 Å². The van der Waals surface area contributed by atoms with Crippen molar-refractivity contribution in [3.63, 3.8) is 0 Å². The van der Waals surface area contributed by atoms with Crippen LogP contribution in [0, 0.1) is 11.6 Å². The Morgan fingerprint density at radius 3 is 2.23 bits per heavy atom. The lowest BCUT2D eigenvalue weighted by atomic mass is 10.2. The smallest absolute Gasteiger partial charge is 0.319 e. The molecule has 1 aromatic rings. The fourth-order valence-electron chi connectivity index (χ4n) is 1.49. The minimum atomic E-state index is -1.05. The highest BCUT2D eigenvalue weighted by molar-refractivity contribution is 8.00. The molecular formula is C14H18F2N2O3S. The second-order valence-electron chi connectivity index (χ2n) is 5.51. The first-order chi connectivity index (χ1) is 10.1. The summed E-state index contributed by atoms with van der Waals surface area (Å²) < 4.78 is 27.5. The van der Waals surface area contributed by atoms with Crippen LogP contribution in [0.5, 0.6) is 0 Å². The normalized spacial score (nSPS) is 11.1. The predicted octanol–water partition coefficient (Wildman–Crippen LogP) is 3.45. The van der Waals surface area contributed by atoms with Crippen LogP contribution in [0.25, 0.3) is 0 Å². The second kappa shape index (κ2) is 7.44. The zero-order valence-electron chi connectivity index (χ0n) is 12.5. The van der Waals surface area contributed by atoms with Crippen LogP contribution < -0.4 is 10.6 Å². The molecule has 22 heavy (non-hydrogen) atoms. The molecule has 3 N–H and O–H groups in total. The van der Waals surface area contributed by atoms with Crippen molar-refractivity contribution < 1.29 is 23.5 Å². The van der Waals surface area contributed by atoms with Crippen LogP contribution in [0.3, 0.4) is 0 Å². The number of carboxylic acids is 1. The maximum Gasteiger partial charge on any atom is 0.319 e. The Morgan fingerprint density at radius 1 is 1.23 bits per heavy atom. The first-order valence-corrected chi connectivity index (χ1v) is 7.35. The molecule has 0 saturated carbocycles. The number of aliphatic carboxylic acids is 1. The maximum atomic E-state index is 13.9. The number of carbonyl (C=O) groups excluding carboxylic acids is 1. The van der Waals surface area contributed by atoms with Gasteiger partial charge in [0.05, 0.1) is 11.3 Å². The molecule has 8 heteroatoms. The van der Waals surface area contributed by atoms with E-state index in [9.17, 15) is 18.4 Å². The Hall–Kier alpha value is -1.83. The molecule has 2 amide bonds. The van der Waals surface area contributed by atoms with Crippen LogP contribution in [0.4, 0.5) is 19.3 Å². The van der Waals surface area contributed by atoms with Gasteiger partial charge < -0.3 is 15.7 Å². The summed E-state index contributed by atoms with van der Waals surface area (Å²) in [7, 11) is 0.